The van der Waals surface area contributed by atoms with Crippen LogP contribution in [0, 0.1) is 6.92 Å². The number of anilines is 2. The molecule has 4 heterocycles. The molecule has 1 aliphatic rings. The van der Waals surface area contributed by atoms with Gasteiger partial charge in [-0.2, -0.15) is 5.10 Å². The van der Waals surface area contributed by atoms with Gasteiger partial charge in [-0.15, -0.1) is 11.3 Å². The number of nitrogens with one attached hydrogen (secondary N) is 1. The maximum atomic E-state index is 5.52. The van der Waals surface area contributed by atoms with Crippen molar-refractivity contribution in [3.63, 3.8) is 0 Å². The van der Waals surface area contributed by atoms with E-state index in [-0.39, 0.29) is 0 Å². The standard InChI is InChI=1S/C21H21N7OS/c1-13-10-28(12-22-13)18-9-8-16(23-20(18)29-3)17-11-30-21(24-17)25-19-14-6-4-5-7-15(14)26-27(19)2/h4-5,8-12H,6-7H2,1-3H3,(H,24,25). The molecule has 0 aromatic carbocycles. The van der Waals surface area contributed by atoms with E-state index in [9.17, 15) is 0 Å². The van der Waals surface area contributed by atoms with Crippen LogP contribution in [0.3, 0.4) is 0 Å². The SMILES string of the molecule is COc1nc(-c2csc(Nc3c4c(nn3C)CC=CC4)n2)ccc1-n1cnc(C)c1. The molecule has 0 radical (unpaired) electrons. The quantitative estimate of drug-likeness (QED) is 0.495. The van der Waals surface area contributed by atoms with Crippen LogP contribution in [-0.4, -0.2) is 36.4 Å². The molecule has 5 rings (SSSR count). The van der Waals surface area contributed by atoms with Gasteiger partial charge in [-0.05, 0) is 25.5 Å². The Balaban J connectivity index is 1.43. The predicted molar refractivity (Wildman–Crippen MR) is 117 cm³/mol. The van der Waals surface area contributed by atoms with Crippen LogP contribution in [-0.2, 0) is 19.9 Å². The molecule has 0 unspecified atom stereocenters. The zero-order chi connectivity index (χ0) is 20.7. The number of methoxy groups -OCH3 is 1. The molecule has 0 amide bonds. The molecule has 4 aromatic heterocycles. The van der Waals surface area contributed by atoms with Crippen molar-refractivity contribution in [1.29, 1.82) is 0 Å². The van der Waals surface area contributed by atoms with E-state index in [2.05, 4.69) is 32.5 Å². The highest BCUT2D eigenvalue weighted by atomic mass is 32.1. The van der Waals surface area contributed by atoms with Crippen LogP contribution >= 0.6 is 11.3 Å². The molecule has 0 saturated heterocycles. The summed E-state index contributed by atoms with van der Waals surface area (Å²) in [5.41, 5.74) is 5.68. The number of ether oxygens (including phenoxy) is 1. The van der Waals surface area contributed by atoms with Crippen molar-refractivity contribution in [2.45, 2.75) is 19.8 Å². The monoisotopic (exact) mass is 419 g/mol. The van der Waals surface area contributed by atoms with Crippen molar-refractivity contribution in [3.8, 4) is 23.0 Å². The lowest BCUT2D eigenvalue weighted by Gasteiger charge is -2.09. The summed E-state index contributed by atoms with van der Waals surface area (Å²) in [7, 11) is 3.57. The first-order valence-corrected chi connectivity index (χ1v) is 10.5. The van der Waals surface area contributed by atoms with Gasteiger partial charge in [0, 0.05) is 30.6 Å². The van der Waals surface area contributed by atoms with Crippen LogP contribution in [0.5, 0.6) is 5.88 Å². The molecule has 4 aromatic rings. The Kier molecular flexibility index (Phi) is 4.59. The van der Waals surface area contributed by atoms with E-state index in [0.29, 0.717) is 5.88 Å². The molecule has 1 aliphatic carbocycles. The Morgan fingerprint density at radius 3 is 2.80 bits per heavy atom. The topological polar surface area (TPSA) is 82.7 Å². The average molecular weight is 420 g/mol. The van der Waals surface area contributed by atoms with Gasteiger partial charge in [0.1, 0.15) is 17.2 Å². The van der Waals surface area contributed by atoms with Gasteiger partial charge in [0.25, 0.3) is 0 Å². The molecule has 30 heavy (non-hydrogen) atoms. The molecule has 0 bridgehead atoms. The van der Waals surface area contributed by atoms with E-state index in [1.165, 1.54) is 5.56 Å². The van der Waals surface area contributed by atoms with E-state index in [1.807, 2.05) is 46.9 Å². The molecule has 152 valence electrons. The van der Waals surface area contributed by atoms with Gasteiger partial charge >= 0.3 is 0 Å². The molecule has 1 N–H and O–H groups in total. The Bertz CT molecular complexity index is 1250. The average Bonchev–Trinajstić information content (AvgIpc) is 3.47. The minimum Gasteiger partial charge on any atom is -0.479 e. The number of rotatable bonds is 5. The molecular formula is C21H21N7OS. The van der Waals surface area contributed by atoms with Gasteiger partial charge in [-0.25, -0.2) is 15.0 Å². The number of fused-ring (bicyclic) bond motifs is 1. The number of hydrogen-bond acceptors (Lipinski definition) is 7. The molecular weight excluding hydrogens is 398 g/mol. The first-order chi connectivity index (χ1) is 14.6. The number of thiazole rings is 1. The lowest BCUT2D eigenvalue weighted by atomic mass is 10.0. The highest BCUT2D eigenvalue weighted by molar-refractivity contribution is 7.14. The highest BCUT2D eigenvalue weighted by Gasteiger charge is 2.18. The predicted octanol–water partition coefficient (Wildman–Crippen LogP) is 3.84. The zero-order valence-corrected chi connectivity index (χ0v) is 17.8. The maximum absolute atomic E-state index is 5.52. The zero-order valence-electron chi connectivity index (χ0n) is 17.0. The Labute approximate surface area is 177 Å². The summed E-state index contributed by atoms with van der Waals surface area (Å²) < 4.78 is 9.32. The van der Waals surface area contributed by atoms with Gasteiger partial charge < -0.3 is 14.6 Å². The molecule has 0 atom stereocenters. The largest absolute Gasteiger partial charge is 0.479 e. The molecule has 8 nitrogen and oxygen atoms in total. The summed E-state index contributed by atoms with van der Waals surface area (Å²) in [5, 5.41) is 10.9. The van der Waals surface area contributed by atoms with Crippen molar-refractivity contribution < 1.29 is 4.74 Å². The van der Waals surface area contributed by atoms with Crippen LogP contribution < -0.4 is 10.1 Å². The summed E-state index contributed by atoms with van der Waals surface area (Å²) in [6.07, 6.45) is 9.80. The summed E-state index contributed by atoms with van der Waals surface area (Å²) in [5.74, 6) is 1.52. The first-order valence-electron chi connectivity index (χ1n) is 9.61. The second-order valence-corrected chi connectivity index (χ2v) is 7.95. The van der Waals surface area contributed by atoms with Crippen LogP contribution in [0.4, 0.5) is 10.9 Å². The van der Waals surface area contributed by atoms with E-state index in [4.69, 9.17) is 9.72 Å². The van der Waals surface area contributed by atoms with Crippen LogP contribution in [0.1, 0.15) is 17.0 Å². The number of allylic oxidation sites excluding steroid dienone is 2. The van der Waals surface area contributed by atoms with Crippen LogP contribution in [0.2, 0.25) is 0 Å². The van der Waals surface area contributed by atoms with E-state index in [1.54, 1.807) is 24.8 Å². The smallest absolute Gasteiger partial charge is 0.238 e. The normalized spacial score (nSPS) is 12.8. The van der Waals surface area contributed by atoms with Gasteiger partial charge in [0.05, 0.1) is 30.5 Å². The van der Waals surface area contributed by atoms with Crippen LogP contribution in [0.25, 0.3) is 17.1 Å². The van der Waals surface area contributed by atoms with Crippen LogP contribution in [0.15, 0.2) is 42.2 Å². The molecule has 0 fully saturated rings. The van der Waals surface area contributed by atoms with Crippen molar-refractivity contribution in [1.82, 2.24) is 29.3 Å². The summed E-state index contributed by atoms with van der Waals surface area (Å²) in [6.45, 7) is 1.95. The minimum atomic E-state index is 0.528. The van der Waals surface area contributed by atoms with Crippen molar-refractivity contribution >= 4 is 22.3 Å². The van der Waals surface area contributed by atoms with E-state index in [0.717, 1.165) is 52.3 Å². The van der Waals surface area contributed by atoms with E-state index >= 15 is 0 Å². The number of nitrogens with zero attached hydrogens (tertiary/aromatic N) is 6. The molecule has 9 heteroatoms. The third-order valence-corrected chi connectivity index (χ3v) is 5.80. The Morgan fingerprint density at radius 1 is 1.13 bits per heavy atom. The lowest BCUT2D eigenvalue weighted by Crippen LogP contribution is -2.02. The fourth-order valence-electron chi connectivity index (χ4n) is 3.58. The Morgan fingerprint density at radius 2 is 2.00 bits per heavy atom. The van der Waals surface area contributed by atoms with E-state index < -0.39 is 0 Å². The maximum Gasteiger partial charge on any atom is 0.238 e. The third kappa shape index (κ3) is 3.26. The number of hydrogen-bond donors (Lipinski definition) is 1. The summed E-state index contributed by atoms with van der Waals surface area (Å²) in [4.78, 5) is 13.7. The van der Waals surface area contributed by atoms with Crippen molar-refractivity contribution in [2.75, 3.05) is 12.4 Å². The molecule has 0 saturated carbocycles. The first kappa shape index (κ1) is 18.6. The second-order valence-electron chi connectivity index (χ2n) is 7.09. The number of aryl methyl sites for hydroxylation is 2. The van der Waals surface area contributed by atoms with Gasteiger partial charge in [-0.3, -0.25) is 4.68 Å². The second kappa shape index (κ2) is 7.42. The number of aromatic nitrogens is 6. The lowest BCUT2D eigenvalue weighted by molar-refractivity contribution is 0.396. The number of pyridine rings is 1. The van der Waals surface area contributed by atoms with Crippen molar-refractivity contribution in [2.24, 2.45) is 7.05 Å². The fourth-order valence-corrected chi connectivity index (χ4v) is 4.28. The number of imidazole rings is 1. The summed E-state index contributed by atoms with van der Waals surface area (Å²) in [6, 6.07) is 3.92. The minimum absolute atomic E-state index is 0.528. The molecule has 0 aliphatic heterocycles. The van der Waals surface area contributed by atoms with Crippen molar-refractivity contribution in [3.05, 3.63) is 59.1 Å². The molecule has 0 spiro atoms. The highest BCUT2D eigenvalue weighted by Crippen LogP contribution is 2.32. The summed E-state index contributed by atoms with van der Waals surface area (Å²) >= 11 is 1.54. The van der Waals surface area contributed by atoms with Gasteiger partial charge in [-0.1, -0.05) is 12.2 Å². The van der Waals surface area contributed by atoms with Gasteiger partial charge in [0.2, 0.25) is 5.88 Å². The fraction of sp³-hybridized carbons (Fsp3) is 0.238. The Hall–Kier alpha value is -3.46. The third-order valence-electron chi connectivity index (χ3n) is 5.04. The van der Waals surface area contributed by atoms with Gasteiger partial charge in [0.15, 0.2) is 5.13 Å².